The summed E-state index contributed by atoms with van der Waals surface area (Å²) >= 11 is 0. The van der Waals surface area contributed by atoms with Crippen molar-refractivity contribution < 1.29 is 9.18 Å². The molecule has 1 aromatic carbocycles. The highest BCUT2D eigenvalue weighted by molar-refractivity contribution is 5.92. The smallest absolute Gasteiger partial charge is 0.248 e. The first-order valence-electron chi connectivity index (χ1n) is 6.59. The molecule has 1 amide bonds. The van der Waals surface area contributed by atoms with Crippen LogP contribution in [0.5, 0.6) is 0 Å². The minimum absolute atomic E-state index is 0.199. The van der Waals surface area contributed by atoms with Crippen molar-refractivity contribution in [1.82, 2.24) is 10.2 Å². The zero-order valence-electron chi connectivity index (χ0n) is 11.6. The van der Waals surface area contributed by atoms with E-state index >= 15 is 0 Å². The molecule has 5 heteroatoms. The number of nitrogens with zero attached hydrogens (tertiary/aromatic N) is 1. The predicted molar refractivity (Wildman–Crippen MR) is 74.4 cm³/mol. The Kier molecular flexibility index (Phi) is 6.45. The second-order valence-electron chi connectivity index (χ2n) is 4.37. The highest BCUT2D eigenvalue weighted by atomic mass is 19.1. The van der Waals surface area contributed by atoms with Gasteiger partial charge in [-0.3, -0.25) is 4.79 Å². The lowest BCUT2D eigenvalue weighted by atomic mass is 10.1. The van der Waals surface area contributed by atoms with Gasteiger partial charge in [-0.05, 0) is 25.2 Å². The summed E-state index contributed by atoms with van der Waals surface area (Å²) in [5, 5.41) is 3.19. The van der Waals surface area contributed by atoms with E-state index in [-0.39, 0.29) is 5.56 Å². The summed E-state index contributed by atoms with van der Waals surface area (Å²) in [4.78, 5) is 13.2. The maximum absolute atomic E-state index is 13.7. The molecule has 0 unspecified atom stereocenters. The third-order valence-corrected chi connectivity index (χ3v) is 3.15. The van der Waals surface area contributed by atoms with Gasteiger partial charge < -0.3 is 16.0 Å². The van der Waals surface area contributed by atoms with Crippen molar-refractivity contribution in [3.05, 3.63) is 35.1 Å². The van der Waals surface area contributed by atoms with E-state index in [1.807, 2.05) is 0 Å². The molecule has 106 valence electrons. The lowest BCUT2D eigenvalue weighted by molar-refractivity contribution is 0.1000. The zero-order chi connectivity index (χ0) is 14.3. The summed E-state index contributed by atoms with van der Waals surface area (Å²) in [7, 11) is 0. The third kappa shape index (κ3) is 4.96. The third-order valence-electron chi connectivity index (χ3n) is 3.15. The van der Waals surface area contributed by atoms with Crippen LogP contribution in [0.4, 0.5) is 4.39 Å². The molecule has 0 aliphatic carbocycles. The number of hydrogen-bond acceptors (Lipinski definition) is 3. The molecule has 0 aliphatic rings. The van der Waals surface area contributed by atoms with Crippen molar-refractivity contribution in [3.63, 3.8) is 0 Å². The van der Waals surface area contributed by atoms with Crippen LogP contribution in [0.15, 0.2) is 18.2 Å². The van der Waals surface area contributed by atoms with Crippen LogP contribution in [0.1, 0.15) is 29.8 Å². The average molecular weight is 267 g/mol. The molecule has 0 bridgehead atoms. The maximum atomic E-state index is 13.7. The number of carbonyl (C=O) groups excluding carboxylic acids is 1. The van der Waals surface area contributed by atoms with Gasteiger partial charge in [0.25, 0.3) is 0 Å². The Morgan fingerprint density at radius 3 is 2.58 bits per heavy atom. The second-order valence-corrected chi connectivity index (χ2v) is 4.37. The van der Waals surface area contributed by atoms with Gasteiger partial charge in [-0.25, -0.2) is 4.39 Å². The Balaban J connectivity index is 2.43. The van der Waals surface area contributed by atoms with Crippen LogP contribution >= 0.6 is 0 Å². The summed E-state index contributed by atoms with van der Waals surface area (Å²) in [6.07, 6.45) is 0. The highest BCUT2D eigenvalue weighted by Gasteiger charge is 2.06. The number of nitrogens with one attached hydrogen (secondary N) is 1. The van der Waals surface area contributed by atoms with E-state index in [9.17, 15) is 9.18 Å². The first kappa shape index (κ1) is 15.6. The van der Waals surface area contributed by atoms with E-state index < -0.39 is 11.7 Å². The summed E-state index contributed by atoms with van der Waals surface area (Å²) in [5.74, 6) is -1.01. The van der Waals surface area contributed by atoms with Crippen molar-refractivity contribution in [2.45, 2.75) is 20.4 Å². The van der Waals surface area contributed by atoms with E-state index in [0.29, 0.717) is 12.1 Å². The normalized spacial score (nSPS) is 10.9. The molecule has 1 aromatic rings. The van der Waals surface area contributed by atoms with Crippen LogP contribution < -0.4 is 11.1 Å². The molecule has 0 atom stereocenters. The summed E-state index contributed by atoms with van der Waals surface area (Å²) in [6, 6.07) is 4.33. The van der Waals surface area contributed by atoms with E-state index in [2.05, 4.69) is 24.1 Å². The highest BCUT2D eigenvalue weighted by Crippen LogP contribution is 2.09. The summed E-state index contributed by atoms with van der Waals surface area (Å²) in [6.45, 7) is 8.45. The zero-order valence-corrected chi connectivity index (χ0v) is 11.6. The van der Waals surface area contributed by atoms with Gasteiger partial charge >= 0.3 is 0 Å². The Labute approximate surface area is 113 Å². The minimum atomic E-state index is -0.611. The van der Waals surface area contributed by atoms with Gasteiger partial charge in [-0.2, -0.15) is 0 Å². The van der Waals surface area contributed by atoms with Gasteiger partial charge in [0.2, 0.25) is 5.91 Å². The number of benzene rings is 1. The van der Waals surface area contributed by atoms with Gasteiger partial charge in [0.15, 0.2) is 0 Å². The molecule has 4 nitrogen and oxygen atoms in total. The van der Waals surface area contributed by atoms with Crippen LogP contribution in [-0.4, -0.2) is 37.0 Å². The van der Waals surface area contributed by atoms with Crippen LogP contribution in [0.25, 0.3) is 0 Å². The van der Waals surface area contributed by atoms with Gasteiger partial charge in [-0.15, -0.1) is 0 Å². The number of hydrogen-bond donors (Lipinski definition) is 2. The van der Waals surface area contributed by atoms with Crippen LogP contribution in [0.3, 0.4) is 0 Å². The Hall–Kier alpha value is -1.46. The second kappa shape index (κ2) is 7.86. The SMILES string of the molecule is CCN(CC)CCNCc1ccc(C(N)=O)cc1F. The molecule has 1 rings (SSSR count). The van der Waals surface area contributed by atoms with Gasteiger partial charge in [-0.1, -0.05) is 19.9 Å². The standard InChI is InChI=1S/C14H22FN3O/c1-3-18(4-2)8-7-17-10-12-6-5-11(14(16)19)9-13(12)15/h5-6,9,17H,3-4,7-8,10H2,1-2H3,(H2,16,19). The molecule has 0 saturated carbocycles. The maximum Gasteiger partial charge on any atom is 0.248 e. The Bertz CT molecular complexity index is 419. The lowest BCUT2D eigenvalue weighted by Gasteiger charge is -2.18. The van der Waals surface area contributed by atoms with Crippen LogP contribution in [-0.2, 0) is 6.54 Å². The first-order valence-corrected chi connectivity index (χ1v) is 6.59. The van der Waals surface area contributed by atoms with Crippen molar-refractivity contribution in [1.29, 1.82) is 0 Å². The lowest BCUT2D eigenvalue weighted by Crippen LogP contribution is -2.31. The number of primary amides is 1. The molecular weight excluding hydrogens is 245 g/mol. The van der Waals surface area contributed by atoms with Crippen LogP contribution in [0.2, 0.25) is 0 Å². The van der Waals surface area contributed by atoms with E-state index in [1.54, 1.807) is 12.1 Å². The van der Waals surface area contributed by atoms with Crippen LogP contribution in [0, 0.1) is 5.82 Å². The number of halogens is 1. The molecule has 0 heterocycles. The molecule has 0 aliphatic heterocycles. The monoisotopic (exact) mass is 267 g/mol. The molecule has 0 radical (unpaired) electrons. The molecule has 0 spiro atoms. The Morgan fingerprint density at radius 1 is 1.37 bits per heavy atom. The van der Waals surface area contributed by atoms with Crippen molar-refractivity contribution in [2.24, 2.45) is 5.73 Å². The number of nitrogens with two attached hydrogens (primary N) is 1. The molecule has 3 N–H and O–H groups in total. The van der Waals surface area contributed by atoms with Crippen molar-refractivity contribution >= 4 is 5.91 Å². The largest absolute Gasteiger partial charge is 0.366 e. The van der Waals surface area contributed by atoms with E-state index in [4.69, 9.17) is 5.73 Å². The number of likely N-dealkylation sites (N-methyl/N-ethyl adjacent to an activating group) is 1. The fourth-order valence-electron chi connectivity index (χ4n) is 1.84. The van der Waals surface area contributed by atoms with Gasteiger partial charge in [0.1, 0.15) is 5.82 Å². The topological polar surface area (TPSA) is 58.4 Å². The summed E-state index contributed by atoms with van der Waals surface area (Å²) in [5.41, 5.74) is 5.84. The Morgan fingerprint density at radius 2 is 2.05 bits per heavy atom. The van der Waals surface area contributed by atoms with Gasteiger partial charge in [0, 0.05) is 30.8 Å². The summed E-state index contributed by atoms with van der Waals surface area (Å²) < 4.78 is 13.7. The number of rotatable bonds is 8. The number of carbonyl (C=O) groups is 1. The molecule has 19 heavy (non-hydrogen) atoms. The molecular formula is C14H22FN3O. The number of amides is 1. The minimum Gasteiger partial charge on any atom is -0.366 e. The fourth-order valence-corrected chi connectivity index (χ4v) is 1.84. The van der Waals surface area contributed by atoms with Crippen molar-refractivity contribution in [2.75, 3.05) is 26.2 Å². The predicted octanol–water partition coefficient (Wildman–Crippen LogP) is 1.36. The molecule has 0 saturated heterocycles. The van der Waals surface area contributed by atoms with E-state index in [1.165, 1.54) is 6.07 Å². The quantitative estimate of drug-likeness (QED) is 0.699. The van der Waals surface area contributed by atoms with E-state index in [0.717, 1.165) is 26.2 Å². The fraction of sp³-hybridized carbons (Fsp3) is 0.500. The van der Waals surface area contributed by atoms with Gasteiger partial charge in [0.05, 0.1) is 0 Å². The molecule has 0 aromatic heterocycles. The average Bonchev–Trinajstić information content (AvgIpc) is 2.40. The van der Waals surface area contributed by atoms with Crippen molar-refractivity contribution in [3.8, 4) is 0 Å². The first-order chi connectivity index (χ1) is 9.08. The molecule has 0 fully saturated rings.